The van der Waals surface area contributed by atoms with Crippen LogP contribution < -0.4 is 21.5 Å². The lowest BCUT2D eigenvalue weighted by molar-refractivity contribution is -0.119. The molecule has 1 fully saturated rings. The summed E-state index contributed by atoms with van der Waals surface area (Å²) in [5.41, 5.74) is 12.0. The van der Waals surface area contributed by atoms with Crippen LogP contribution in [0.5, 0.6) is 5.75 Å². The van der Waals surface area contributed by atoms with Crippen LogP contribution in [-0.2, 0) is 4.79 Å². The molecule has 5 nitrogen and oxygen atoms in total. The molecule has 0 aliphatic heterocycles. The summed E-state index contributed by atoms with van der Waals surface area (Å²) in [6.45, 7) is -0.0930. The van der Waals surface area contributed by atoms with E-state index in [1.807, 2.05) is 24.3 Å². The van der Waals surface area contributed by atoms with Crippen molar-refractivity contribution in [2.75, 3.05) is 11.9 Å². The monoisotopic (exact) mass is 263 g/mol. The summed E-state index contributed by atoms with van der Waals surface area (Å²) < 4.78 is 5.21. The van der Waals surface area contributed by atoms with Crippen LogP contribution in [0, 0.1) is 0 Å². The van der Waals surface area contributed by atoms with Gasteiger partial charge in [-0.05, 0) is 49.9 Å². The normalized spacial score (nSPS) is 22.8. The highest BCUT2D eigenvalue weighted by Crippen LogP contribution is 2.22. The van der Waals surface area contributed by atoms with Crippen LogP contribution in [0.2, 0.25) is 0 Å². The Balaban J connectivity index is 1.85. The Labute approximate surface area is 113 Å². The van der Waals surface area contributed by atoms with Gasteiger partial charge in [0.1, 0.15) is 5.75 Å². The van der Waals surface area contributed by atoms with Gasteiger partial charge >= 0.3 is 0 Å². The fourth-order valence-electron chi connectivity index (χ4n) is 2.40. The number of hydrogen-bond acceptors (Lipinski definition) is 4. The molecule has 2 unspecified atom stereocenters. The summed E-state index contributed by atoms with van der Waals surface area (Å²) in [6.07, 6.45) is 4.48. The van der Waals surface area contributed by atoms with Crippen molar-refractivity contribution in [1.82, 2.24) is 0 Å². The largest absolute Gasteiger partial charge is 0.484 e. The first-order valence-corrected chi connectivity index (χ1v) is 6.67. The van der Waals surface area contributed by atoms with Crippen LogP contribution in [0.15, 0.2) is 24.3 Å². The summed E-state index contributed by atoms with van der Waals surface area (Å²) in [7, 11) is 0. The van der Waals surface area contributed by atoms with Gasteiger partial charge in [0.2, 0.25) is 0 Å². The molecule has 5 heteroatoms. The third kappa shape index (κ3) is 4.44. The molecule has 1 aliphatic rings. The Kier molecular flexibility index (Phi) is 4.63. The second-order valence-corrected chi connectivity index (χ2v) is 5.05. The van der Waals surface area contributed by atoms with E-state index in [9.17, 15) is 4.79 Å². The molecule has 5 N–H and O–H groups in total. The predicted octanol–water partition coefficient (Wildman–Crippen LogP) is 1.23. The quantitative estimate of drug-likeness (QED) is 0.745. The zero-order valence-electron chi connectivity index (χ0n) is 11.0. The van der Waals surface area contributed by atoms with Crippen molar-refractivity contribution in [3.63, 3.8) is 0 Å². The number of hydrogen-bond donors (Lipinski definition) is 3. The summed E-state index contributed by atoms with van der Waals surface area (Å²) in [4.78, 5) is 10.6. The van der Waals surface area contributed by atoms with Gasteiger partial charge in [0.05, 0.1) is 0 Å². The van der Waals surface area contributed by atoms with Crippen molar-refractivity contribution in [2.24, 2.45) is 11.5 Å². The van der Waals surface area contributed by atoms with Crippen molar-refractivity contribution in [1.29, 1.82) is 0 Å². The molecule has 0 spiro atoms. The third-order valence-corrected chi connectivity index (χ3v) is 3.32. The Bertz CT molecular complexity index is 419. The number of benzene rings is 1. The van der Waals surface area contributed by atoms with E-state index >= 15 is 0 Å². The van der Waals surface area contributed by atoms with Crippen LogP contribution in [-0.4, -0.2) is 24.6 Å². The van der Waals surface area contributed by atoms with Gasteiger partial charge in [-0.3, -0.25) is 4.79 Å². The molecule has 0 aromatic heterocycles. The lowest BCUT2D eigenvalue weighted by atomic mass is 9.91. The van der Waals surface area contributed by atoms with Crippen molar-refractivity contribution >= 4 is 11.6 Å². The Morgan fingerprint density at radius 1 is 1.32 bits per heavy atom. The van der Waals surface area contributed by atoms with Crippen LogP contribution >= 0.6 is 0 Å². The maximum atomic E-state index is 10.6. The predicted molar refractivity (Wildman–Crippen MR) is 75.0 cm³/mol. The zero-order chi connectivity index (χ0) is 13.7. The number of amides is 1. The molecule has 0 heterocycles. The lowest BCUT2D eigenvalue weighted by Crippen LogP contribution is -2.34. The molecular weight excluding hydrogens is 242 g/mol. The molecule has 2 rings (SSSR count). The smallest absolute Gasteiger partial charge is 0.255 e. The fourth-order valence-corrected chi connectivity index (χ4v) is 2.40. The molecule has 1 aromatic carbocycles. The summed E-state index contributed by atoms with van der Waals surface area (Å²) in [6, 6.07) is 8.29. The maximum Gasteiger partial charge on any atom is 0.255 e. The van der Waals surface area contributed by atoms with E-state index in [-0.39, 0.29) is 6.61 Å². The molecule has 0 radical (unpaired) electrons. The SMILES string of the molecule is NC(=O)COc1ccc(NC2CCCC(N)C2)cc1. The molecule has 19 heavy (non-hydrogen) atoms. The minimum atomic E-state index is -0.474. The average molecular weight is 263 g/mol. The average Bonchev–Trinajstić information content (AvgIpc) is 2.38. The number of nitrogens with two attached hydrogens (primary N) is 2. The van der Waals surface area contributed by atoms with E-state index < -0.39 is 5.91 Å². The molecule has 1 aromatic rings. The molecule has 1 amide bonds. The van der Waals surface area contributed by atoms with Crippen molar-refractivity contribution < 1.29 is 9.53 Å². The number of primary amides is 1. The Hall–Kier alpha value is -1.75. The number of carbonyl (C=O) groups is 1. The van der Waals surface area contributed by atoms with E-state index in [0.717, 1.165) is 24.9 Å². The van der Waals surface area contributed by atoms with E-state index in [2.05, 4.69) is 5.32 Å². The van der Waals surface area contributed by atoms with Gasteiger partial charge in [0.25, 0.3) is 5.91 Å². The van der Waals surface area contributed by atoms with E-state index in [1.165, 1.54) is 6.42 Å². The van der Waals surface area contributed by atoms with Crippen LogP contribution in [0.25, 0.3) is 0 Å². The highest BCUT2D eigenvalue weighted by atomic mass is 16.5. The van der Waals surface area contributed by atoms with Gasteiger partial charge in [-0.2, -0.15) is 0 Å². The zero-order valence-corrected chi connectivity index (χ0v) is 11.0. The van der Waals surface area contributed by atoms with Gasteiger partial charge < -0.3 is 21.5 Å². The summed E-state index contributed by atoms with van der Waals surface area (Å²) in [5.74, 6) is 0.170. The first-order chi connectivity index (χ1) is 9.13. The van der Waals surface area contributed by atoms with Crippen molar-refractivity contribution in [3.05, 3.63) is 24.3 Å². The second-order valence-electron chi connectivity index (χ2n) is 5.05. The Morgan fingerprint density at radius 2 is 2.05 bits per heavy atom. The fraction of sp³-hybridized carbons (Fsp3) is 0.500. The molecule has 0 bridgehead atoms. The van der Waals surface area contributed by atoms with Crippen molar-refractivity contribution in [2.45, 2.75) is 37.8 Å². The molecule has 0 saturated heterocycles. The number of ether oxygens (including phenoxy) is 1. The van der Waals surface area contributed by atoms with Gasteiger partial charge in [0, 0.05) is 17.8 Å². The van der Waals surface area contributed by atoms with E-state index in [0.29, 0.717) is 17.8 Å². The molecule has 1 saturated carbocycles. The number of carbonyl (C=O) groups excluding carboxylic acids is 1. The lowest BCUT2D eigenvalue weighted by Gasteiger charge is -2.28. The molecule has 104 valence electrons. The van der Waals surface area contributed by atoms with Crippen LogP contribution in [0.4, 0.5) is 5.69 Å². The summed E-state index contributed by atoms with van der Waals surface area (Å²) in [5, 5.41) is 3.48. The number of rotatable bonds is 5. The topological polar surface area (TPSA) is 90.4 Å². The highest BCUT2D eigenvalue weighted by molar-refractivity contribution is 5.75. The van der Waals surface area contributed by atoms with Gasteiger partial charge in [-0.15, -0.1) is 0 Å². The summed E-state index contributed by atoms with van der Waals surface area (Å²) >= 11 is 0. The van der Waals surface area contributed by atoms with E-state index in [4.69, 9.17) is 16.2 Å². The standard InChI is InChI=1S/C14H21N3O2/c15-10-2-1-3-12(8-10)17-11-4-6-13(7-5-11)19-9-14(16)18/h4-7,10,12,17H,1-3,8-9,15H2,(H2,16,18). The number of anilines is 1. The molecular formula is C14H21N3O2. The second kappa shape index (κ2) is 6.43. The third-order valence-electron chi connectivity index (χ3n) is 3.32. The first-order valence-electron chi connectivity index (χ1n) is 6.67. The number of nitrogens with one attached hydrogen (secondary N) is 1. The molecule has 1 aliphatic carbocycles. The molecule has 2 atom stereocenters. The van der Waals surface area contributed by atoms with Gasteiger partial charge in [0.15, 0.2) is 6.61 Å². The van der Waals surface area contributed by atoms with Crippen LogP contribution in [0.3, 0.4) is 0 Å². The Morgan fingerprint density at radius 3 is 2.68 bits per heavy atom. The van der Waals surface area contributed by atoms with E-state index in [1.54, 1.807) is 0 Å². The van der Waals surface area contributed by atoms with Gasteiger partial charge in [-0.25, -0.2) is 0 Å². The highest BCUT2D eigenvalue weighted by Gasteiger charge is 2.18. The van der Waals surface area contributed by atoms with Crippen LogP contribution in [0.1, 0.15) is 25.7 Å². The van der Waals surface area contributed by atoms with Gasteiger partial charge in [-0.1, -0.05) is 0 Å². The first kappa shape index (κ1) is 13.7. The minimum Gasteiger partial charge on any atom is -0.484 e. The maximum absolute atomic E-state index is 10.6. The van der Waals surface area contributed by atoms with Crippen molar-refractivity contribution in [3.8, 4) is 5.75 Å². The minimum absolute atomic E-state index is 0.0930.